The fraction of sp³-hybridized carbons (Fsp3) is 0.480. The summed E-state index contributed by atoms with van der Waals surface area (Å²) in [5, 5.41) is 13.4. The molecule has 2 aliphatic rings. The average molecular weight is 456 g/mol. The van der Waals surface area contributed by atoms with E-state index in [-0.39, 0.29) is 23.9 Å². The maximum absolute atomic E-state index is 12.0. The Morgan fingerprint density at radius 3 is 2.81 bits per heavy atom. The SMILES string of the molecule is CC1Nc2cc(-c3ccc([C@@H]4CCC[C@H](C)C4C(=O)O)cc3OCCNS)ccc2N1C. The fourth-order valence-electron chi connectivity index (χ4n) is 5.20. The fourth-order valence-corrected chi connectivity index (χ4v) is 5.29. The Hall–Kier alpha value is -2.38. The maximum Gasteiger partial charge on any atom is 0.307 e. The predicted molar refractivity (Wildman–Crippen MR) is 133 cm³/mol. The molecule has 0 spiro atoms. The largest absolute Gasteiger partial charge is 0.492 e. The Morgan fingerprint density at radius 2 is 2.06 bits per heavy atom. The molecule has 4 atom stereocenters. The summed E-state index contributed by atoms with van der Waals surface area (Å²) in [7, 11) is 2.08. The normalized spacial score (nSPS) is 24.7. The smallest absolute Gasteiger partial charge is 0.307 e. The number of nitrogens with one attached hydrogen (secondary N) is 2. The highest BCUT2D eigenvalue weighted by atomic mass is 32.1. The first-order valence-electron chi connectivity index (χ1n) is 11.4. The summed E-state index contributed by atoms with van der Waals surface area (Å²) in [6.45, 7) is 5.29. The molecule has 0 bridgehead atoms. The minimum atomic E-state index is -0.698. The molecule has 0 radical (unpaired) electrons. The zero-order valence-electron chi connectivity index (χ0n) is 19.0. The van der Waals surface area contributed by atoms with E-state index in [1.807, 2.05) is 0 Å². The lowest BCUT2D eigenvalue weighted by atomic mass is 9.70. The number of fused-ring (bicyclic) bond motifs is 1. The Morgan fingerprint density at radius 1 is 1.25 bits per heavy atom. The summed E-state index contributed by atoms with van der Waals surface area (Å²) in [5.74, 6) is -0.0937. The molecular formula is C25H33N3O3S. The van der Waals surface area contributed by atoms with Gasteiger partial charge in [0, 0.05) is 19.2 Å². The number of nitrogens with zero attached hydrogens (tertiary/aromatic N) is 1. The van der Waals surface area contributed by atoms with Gasteiger partial charge in [0.25, 0.3) is 0 Å². The van der Waals surface area contributed by atoms with Crippen LogP contribution in [0, 0.1) is 11.8 Å². The van der Waals surface area contributed by atoms with Crippen LogP contribution in [0.1, 0.15) is 44.6 Å². The number of carboxylic acid groups (broad SMARTS) is 1. The first-order valence-corrected chi connectivity index (χ1v) is 11.9. The number of carbonyl (C=O) groups is 1. The Labute approximate surface area is 195 Å². The Bertz CT molecular complexity index is 983. The van der Waals surface area contributed by atoms with Crippen molar-refractivity contribution in [1.82, 2.24) is 4.72 Å². The third-order valence-electron chi connectivity index (χ3n) is 7.04. The van der Waals surface area contributed by atoms with Gasteiger partial charge < -0.3 is 20.1 Å². The number of rotatable bonds is 7. The van der Waals surface area contributed by atoms with Gasteiger partial charge in [0.1, 0.15) is 12.4 Å². The van der Waals surface area contributed by atoms with E-state index in [1.54, 1.807) is 0 Å². The van der Waals surface area contributed by atoms with E-state index >= 15 is 0 Å². The van der Waals surface area contributed by atoms with Crippen molar-refractivity contribution in [3.8, 4) is 16.9 Å². The Kier molecular flexibility index (Phi) is 6.86. The van der Waals surface area contributed by atoms with E-state index in [4.69, 9.17) is 4.74 Å². The van der Waals surface area contributed by atoms with Crippen molar-refractivity contribution in [1.29, 1.82) is 0 Å². The second-order valence-electron chi connectivity index (χ2n) is 9.05. The highest BCUT2D eigenvalue weighted by Crippen LogP contribution is 2.44. The summed E-state index contributed by atoms with van der Waals surface area (Å²) in [5.41, 5.74) is 5.42. The molecule has 1 fully saturated rings. The van der Waals surface area contributed by atoms with Gasteiger partial charge in [0.2, 0.25) is 0 Å². The van der Waals surface area contributed by atoms with E-state index in [2.05, 4.69) is 85.0 Å². The molecule has 0 aromatic heterocycles. The van der Waals surface area contributed by atoms with Crippen LogP contribution in [-0.4, -0.2) is 37.4 Å². The number of anilines is 2. The number of hydrogen-bond acceptors (Lipinski definition) is 6. The van der Waals surface area contributed by atoms with Crippen molar-refractivity contribution in [2.24, 2.45) is 11.8 Å². The van der Waals surface area contributed by atoms with Crippen molar-refractivity contribution < 1.29 is 14.6 Å². The highest BCUT2D eigenvalue weighted by Gasteiger charge is 2.37. The van der Waals surface area contributed by atoms with Crippen molar-refractivity contribution in [2.75, 3.05) is 30.4 Å². The first kappa shape index (κ1) is 22.8. The van der Waals surface area contributed by atoms with E-state index < -0.39 is 5.97 Å². The molecule has 0 saturated heterocycles. The van der Waals surface area contributed by atoms with E-state index in [0.29, 0.717) is 13.2 Å². The predicted octanol–water partition coefficient (Wildman–Crippen LogP) is 4.98. The van der Waals surface area contributed by atoms with Crippen LogP contribution in [0.3, 0.4) is 0 Å². The molecule has 1 saturated carbocycles. The summed E-state index contributed by atoms with van der Waals surface area (Å²) in [6, 6.07) is 12.7. The molecule has 4 rings (SSSR count). The van der Waals surface area contributed by atoms with Gasteiger partial charge in [-0.1, -0.05) is 44.4 Å². The quantitative estimate of drug-likeness (QED) is 0.349. The van der Waals surface area contributed by atoms with Crippen molar-refractivity contribution in [3.05, 3.63) is 42.0 Å². The highest BCUT2D eigenvalue weighted by molar-refractivity contribution is 7.78. The molecular weight excluding hydrogens is 422 g/mol. The Balaban J connectivity index is 1.71. The summed E-state index contributed by atoms with van der Waals surface area (Å²) >= 11 is 4.06. The summed E-state index contributed by atoms with van der Waals surface area (Å²) in [6.07, 6.45) is 3.17. The molecule has 2 aromatic rings. The molecule has 1 aliphatic heterocycles. The van der Waals surface area contributed by atoms with Crippen LogP contribution in [-0.2, 0) is 4.79 Å². The molecule has 172 valence electrons. The number of benzene rings is 2. The van der Waals surface area contributed by atoms with Crippen LogP contribution >= 0.6 is 12.8 Å². The van der Waals surface area contributed by atoms with Gasteiger partial charge in [0.05, 0.1) is 23.5 Å². The topological polar surface area (TPSA) is 73.8 Å². The maximum atomic E-state index is 12.0. The van der Waals surface area contributed by atoms with Gasteiger partial charge in [-0.2, -0.15) is 0 Å². The lowest BCUT2D eigenvalue weighted by Gasteiger charge is -2.34. The monoisotopic (exact) mass is 455 g/mol. The van der Waals surface area contributed by atoms with Crippen molar-refractivity contribution in [2.45, 2.75) is 45.2 Å². The molecule has 1 heterocycles. The van der Waals surface area contributed by atoms with Crippen LogP contribution in [0.25, 0.3) is 11.1 Å². The second kappa shape index (κ2) is 9.63. The third-order valence-corrected chi connectivity index (χ3v) is 7.27. The molecule has 2 unspecified atom stereocenters. The second-order valence-corrected chi connectivity index (χ2v) is 9.37. The number of thiol groups is 1. The zero-order chi connectivity index (χ0) is 22.8. The number of ether oxygens (including phenoxy) is 1. The standard InChI is InChI=1S/C25H33N3O3S/c1-15-5-4-6-20(24(15)25(29)30)18-7-9-19(23(14-18)31-12-11-26-32)17-8-10-22-21(13-17)27-16(2)28(22)3/h7-10,13-16,20,24,26-27,32H,4-6,11-12H2,1-3H3,(H,29,30)/t15-,16?,20-,24?/m0/s1. The minimum absolute atomic E-state index is 0.00633. The lowest BCUT2D eigenvalue weighted by molar-refractivity contribution is -0.145. The average Bonchev–Trinajstić information content (AvgIpc) is 3.06. The van der Waals surface area contributed by atoms with E-state index in [0.717, 1.165) is 47.4 Å². The molecule has 7 heteroatoms. The molecule has 32 heavy (non-hydrogen) atoms. The van der Waals surface area contributed by atoms with Gasteiger partial charge in [0.15, 0.2) is 0 Å². The van der Waals surface area contributed by atoms with Crippen molar-refractivity contribution >= 4 is 30.2 Å². The van der Waals surface area contributed by atoms with Gasteiger partial charge in [-0.25, -0.2) is 0 Å². The number of carboxylic acids is 1. The summed E-state index contributed by atoms with van der Waals surface area (Å²) in [4.78, 5) is 14.3. The molecule has 0 amide bonds. The lowest BCUT2D eigenvalue weighted by Crippen LogP contribution is -2.31. The number of hydrogen-bond donors (Lipinski definition) is 4. The van der Waals surface area contributed by atoms with Gasteiger partial charge >= 0.3 is 5.97 Å². The molecule has 1 aliphatic carbocycles. The molecule has 2 aromatic carbocycles. The van der Waals surface area contributed by atoms with Gasteiger partial charge in [-0.05, 0) is 60.9 Å². The van der Waals surface area contributed by atoms with E-state index in [1.165, 1.54) is 5.69 Å². The molecule has 3 N–H and O–H groups in total. The van der Waals surface area contributed by atoms with Crippen LogP contribution in [0.5, 0.6) is 5.75 Å². The van der Waals surface area contributed by atoms with E-state index in [9.17, 15) is 9.90 Å². The van der Waals surface area contributed by atoms with Gasteiger partial charge in [-0.15, -0.1) is 0 Å². The van der Waals surface area contributed by atoms with Crippen LogP contribution in [0.15, 0.2) is 36.4 Å². The third kappa shape index (κ3) is 4.41. The molecule has 6 nitrogen and oxygen atoms in total. The number of aliphatic carboxylic acids is 1. The van der Waals surface area contributed by atoms with Crippen LogP contribution in [0.2, 0.25) is 0 Å². The van der Waals surface area contributed by atoms with Gasteiger partial charge in [-0.3, -0.25) is 9.52 Å². The van der Waals surface area contributed by atoms with Crippen molar-refractivity contribution in [3.63, 3.8) is 0 Å². The minimum Gasteiger partial charge on any atom is -0.492 e. The summed E-state index contributed by atoms with van der Waals surface area (Å²) < 4.78 is 8.98. The van der Waals surface area contributed by atoms with Crippen LogP contribution < -0.4 is 19.7 Å². The zero-order valence-corrected chi connectivity index (χ0v) is 19.9. The first-order chi connectivity index (χ1) is 15.4. The van der Waals surface area contributed by atoms with Crippen LogP contribution in [0.4, 0.5) is 11.4 Å².